The van der Waals surface area contributed by atoms with Gasteiger partial charge in [-0.25, -0.2) is 0 Å². The van der Waals surface area contributed by atoms with Gasteiger partial charge in [-0.2, -0.15) is 0 Å². The van der Waals surface area contributed by atoms with Gasteiger partial charge in [0.05, 0.1) is 8.07 Å². The van der Waals surface area contributed by atoms with E-state index < -0.39 is 28.9 Å². The second-order valence-corrected chi connectivity index (χ2v) is 17.6. The monoisotopic (exact) mass is 525 g/mol. The third-order valence-electron chi connectivity index (χ3n) is 5.51. The van der Waals surface area contributed by atoms with E-state index in [2.05, 4.69) is 50.8 Å². The van der Waals surface area contributed by atoms with Crippen LogP contribution in [0.25, 0.3) is 11.1 Å². The molecule has 0 radical (unpaired) electrons. The molecule has 0 spiro atoms. The van der Waals surface area contributed by atoms with Gasteiger partial charge in [0.2, 0.25) is 0 Å². The Hall–Kier alpha value is -0.410. The van der Waals surface area contributed by atoms with Crippen LogP contribution in [0.15, 0.2) is 47.5 Å². The third-order valence-corrected chi connectivity index (χ3v) is 7.53. The average molecular weight is 528 g/mol. The quantitative estimate of drug-likeness (QED) is 0.338. The zero-order chi connectivity index (χ0) is 21.4. The van der Waals surface area contributed by atoms with Crippen molar-refractivity contribution >= 4 is 36.5 Å². The molecule has 0 bridgehead atoms. The Balaban J connectivity index is 0.000000941. The summed E-state index contributed by atoms with van der Waals surface area (Å²) in [7, 11) is 8.25. The molecule has 2 aromatic rings. The predicted octanol–water partition coefficient (Wildman–Crippen LogP) is 6.98. The molecule has 0 saturated heterocycles. The molecule has 1 aliphatic rings. The molecule has 29 heavy (non-hydrogen) atoms. The number of hydrogen-bond donors (Lipinski definition) is 1. The van der Waals surface area contributed by atoms with Crippen LogP contribution in [0, 0.1) is 5.92 Å². The van der Waals surface area contributed by atoms with Gasteiger partial charge in [-0.15, -0.1) is 0 Å². The third kappa shape index (κ3) is 7.35. The summed E-state index contributed by atoms with van der Waals surface area (Å²) in [5.74, 6) is 1.25. The first-order valence-corrected chi connectivity index (χ1v) is 20.0. The van der Waals surface area contributed by atoms with Crippen LogP contribution in [-0.2, 0) is 20.8 Å². The number of rotatable bonds is 4. The van der Waals surface area contributed by atoms with Crippen molar-refractivity contribution < 1.29 is 26.0 Å². The molecular formula is C23H31Cl2NOSiZr. The summed E-state index contributed by atoms with van der Waals surface area (Å²) in [6, 6.07) is 15.0. The Morgan fingerprint density at radius 3 is 2.14 bits per heavy atom. The van der Waals surface area contributed by atoms with Crippen LogP contribution in [0.3, 0.4) is 0 Å². The van der Waals surface area contributed by atoms with Gasteiger partial charge < -0.3 is 5.11 Å². The van der Waals surface area contributed by atoms with Crippen molar-refractivity contribution in [2.45, 2.75) is 58.3 Å². The number of phenols is 1. The maximum atomic E-state index is 11.1. The summed E-state index contributed by atoms with van der Waals surface area (Å²) in [6.45, 7) is 9.14. The van der Waals surface area contributed by atoms with E-state index in [0.717, 1.165) is 40.6 Å². The molecule has 1 fully saturated rings. The van der Waals surface area contributed by atoms with Gasteiger partial charge in [0.1, 0.15) is 5.75 Å². The molecule has 0 unspecified atom stereocenters. The molecule has 2 aromatic carbocycles. The van der Waals surface area contributed by atoms with Crippen molar-refractivity contribution in [3.8, 4) is 16.9 Å². The number of benzene rings is 2. The van der Waals surface area contributed by atoms with E-state index in [1.54, 1.807) is 0 Å². The first kappa shape index (κ1) is 24.9. The molecule has 0 heterocycles. The van der Waals surface area contributed by atoms with Crippen molar-refractivity contribution in [1.29, 1.82) is 0 Å². The summed E-state index contributed by atoms with van der Waals surface area (Å²) in [5, 5.41) is 12.2. The molecule has 0 atom stereocenters. The number of nitrogens with zero attached hydrogens (tertiary/aromatic N) is 1. The normalized spacial score (nSPS) is 19.5. The molecule has 1 saturated carbocycles. The maximum absolute atomic E-state index is 11.1. The summed E-state index contributed by atoms with van der Waals surface area (Å²) in [4.78, 5) is 4.89. The number of phenolic OH excluding ortho intramolecular Hbond substituents is 1. The molecule has 6 heteroatoms. The standard InChI is InChI=1S/C23H31NOSi.2ClH.Zr/c1-17-10-12-19(13-11-17)24-16-21-20(18-8-6-5-7-9-18)14-15-22(23(21)25)26(2,3)4;;;/h5-9,14-17,19,25H,10-13H2,1-4H3;2*1H;/q;;;+2/p-2. The van der Waals surface area contributed by atoms with Gasteiger partial charge in [-0.3, -0.25) is 4.99 Å². The van der Waals surface area contributed by atoms with Crippen LogP contribution in [0.5, 0.6) is 5.75 Å². The van der Waals surface area contributed by atoms with E-state index in [1.807, 2.05) is 24.4 Å². The fourth-order valence-electron chi connectivity index (χ4n) is 3.78. The molecule has 0 aromatic heterocycles. The molecule has 0 amide bonds. The van der Waals surface area contributed by atoms with Crippen molar-refractivity contribution in [3.05, 3.63) is 48.0 Å². The Morgan fingerprint density at radius 2 is 1.59 bits per heavy atom. The van der Waals surface area contributed by atoms with Crippen LogP contribution in [-0.4, -0.2) is 25.4 Å². The first-order chi connectivity index (χ1) is 13.8. The number of halogens is 2. The fraction of sp³-hybridized carbons (Fsp3) is 0.435. The number of aliphatic imine (C=N–C) groups is 1. The second-order valence-electron chi connectivity index (χ2n) is 8.80. The minimum absolute atomic E-state index is 0.393. The van der Waals surface area contributed by atoms with Gasteiger partial charge in [0, 0.05) is 17.8 Å². The number of aromatic hydroxyl groups is 1. The van der Waals surface area contributed by atoms with Gasteiger partial charge in [0.15, 0.2) is 0 Å². The van der Waals surface area contributed by atoms with Crippen molar-refractivity contribution in [3.63, 3.8) is 0 Å². The Kier molecular flexibility index (Phi) is 10.1. The molecule has 1 aliphatic carbocycles. The van der Waals surface area contributed by atoms with E-state index in [-0.39, 0.29) is 0 Å². The van der Waals surface area contributed by atoms with E-state index in [9.17, 15) is 5.11 Å². The van der Waals surface area contributed by atoms with Crippen LogP contribution in [0.4, 0.5) is 0 Å². The molecule has 1 N–H and O–H groups in total. The molecule has 0 aliphatic heterocycles. The average Bonchev–Trinajstić information content (AvgIpc) is 2.68. The zero-order valence-corrected chi connectivity index (χ0v) is 22.7. The minimum atomic E-state index is -1.62. The van der Waals surface area contributed by atoms with Crippen LogP contribution >= 0.6 is 17.0 Å². The van der Waals surface area contributed by atoms with Crippen LogP contribution < -0.4 is 5.19 Å². The molecule has 3 rings (SSSR count). The fourth-order valence-corrected chi connectivity index (χ4v) is 5.21. The van der Waals surface area contributed by atoms with Crippen LogP contribution in [0.2, 0.25) is 19.6 Å². The van der Waals surface area contributed by atoms with E-state index >= 15 is 0 Å². The summed E-state index contributed by atoms with van der Waals surface area (Å²) in [5.41, 5.74) is 3.08. The molecular weight excluding hydrogens is 496 g/mol. The number of hydrogen-bond acceptors (Lipinski definition) is 2. The zero-order valence-electron chi connectivity index (χ0n) is 17.8. The summed E-state index contributed by atoms with van der Waals surface area (Å²) < 4.78 is 0. The Morgan fingerprint density at radius 1 is 1.00 bits per heavy atom. The molecule has 2 nitrogen and oxygen atoms in total. The van der Waals surface area contributed by atoms with Gasteiger partial charge in [-0.05, 0) is 47.9 Å². The van der Waals surface area contributed by atoms with E-state index in [1.165, 1.54) is 12.8 Å². The van der Waals surface area contributed by atoms with Crippen molar-refractivity contribution in [2.24, 2.45) is 10.9 Å². The SMILES string of the molecule is CC1CCC(N=Cc2c(-c3ccccc3)ccc([Si](C)(C)C)c2O)CC1.[Cl][Zr][Cl]. The Labute approximate surface area is 195 Å². The summed E-state index contributed by atoms with van der Waals surface area (Å²) in [6.07, 6.45) is 6.78. The second kappa shape index (κ2) is 11.8. The molecule has 156 valence electrons. The van der Waals surface area contributed by atoms with Crippen molar-refractivity contribution in [2.75, 3.05) is 0 Å². The van der Waals surface area contributed by atoms with E-state index in [4.69, 9.17) is 22.0 Å². The van der Waals surface area contributed by atoms with Crippen LogP contribution in [0.1, 0.15) is 38.2 Å². The first-order valence-electron chi connectivity index (χ1n) is 10.2. The predicted molar refractivity (Wildman–Crippen MR) is 127 cm³/mol. The Bertz CT molecular complexity index is 801. The summed E-state index contributed by atoms with van der Waals surface area (Å²) >= 11 is -0.826. The topological polar surface area (TPSA) is 32.6 Å². The van der Waals surface area contributed by atoms with E-state index in [0.29, 0.717) is 11.8 Å². The van der Waals surface area contributed by atoms with Gasteiger partial charge in [0.25, 0.3) is 0 Å². The van der Waals surface area contributed by atoms with Crippen molar-refractivity contribution in [1.82, 2.24) is 0 Å². The van der Waals surface area contributed by atoms with Gasteiger partial charge in [-0.1, -0.05) is 69.0 Å². The van der Waals surface area contributed by atoms with Gasteiger partial charge >= 0.3 is 37.9 Å².